The van der Waals surface area contributed by atoms with Gasteiger partial charge in [0.05, 0.1) is 21.4 Å². The lowest BCUT2D eigenvalue weighted by Gasteiger charge is -1.98. The Morgan fingerprint density at radius 2 is 2.25 bits per heavy atom. The molecule has 1 aromatic heterocycles. The molecular weight excluding hydrogens is 296 g/mol. The average Bonchev–Trinajstić information content (AvgIpc) is 2.55. The number of nitrogens with one attached hydrogen (secondary N) is 1. The average molecular weight is 307 g/mol. The first kappa shape index (κ1) is 11.9. The van der Waals surface area contributed by atoms with Crippen LogP contribution in [0.3, 0.4) is 0 Å². The molecule has 2 nitrogen and oxygen atoms in total. The van der Waals surface area contributed by atoms with Crippen molar-refractivity contribution in [1.82, 2.24) is 5.32 Å². The smallest absolute Gasteiger partial charge is 0.153 e. The van der Waals surface area contributed by atoms with Gasteiger partial charge in [0.1, 0.15) is 5.76 Å². The molecular formula is C11H10BrClFNO. The normalized spacial score (nSPS) is 11.3. The third-order valence-electron chi connectivity index (χ3n) is 2.48. The van der Waals surface area contributed by atoms with Gasteiger partial charge in [-0.2, -0.15) is 0 Å². The molecule has 86 valence electrons. The molecule has 1 N–H and O–H groups in total. The van der Waals surface area contributed by atoms with Crippen molar-refractivity contribution in [3.05, 3.63) is 32.7 Å². The van der Waals surface area contributed by atoms with Gasteiger partial charge in [-0.3, -0.25) is 0 Å². The molecule has 0 radical (unpaired) electrons. The van der Waals surface area contributed by atoms with Gasteiger partial charge in [-0.1, -0.05) is 11.6 Å². The summed E-state index contributed by atoms with van der Waals surface area (Å²) in [5.74, 6) is 0.294. The highest BCUT2D eigenvalue weighted by Crippen LogP contribution is 2.36. The second-order valence-corrected chi connectivity index (χ2v) is 4.80. The van der Waals surface area contributed by atoms with E-state index in [0.29, 0.717) is 22.0 Å². The first-order chi connectivity index (χ1) is 7.56. The van der Waals surface area contributed by atoms with Crippen LogP contribution in [0.2, 0.25) is 5.02 Å². The molecule has 2 rings (SSSR count). The number of aryl methyl sites for hydroxylation is 1. The Bertz CT molecular complexity index is 553. The molecule has 0 saturated carbocycles. The lowest BCUT2D eigenvalue weighted by Crippen LogP contribution is -2.04. The number of hydrogen-bond donors (Lipinski definition) is 1. The summed E-state index contributed by atoms with van der Waals surface area (Å²) in [4.78, 5) is 0. The van der Waals surface area contributed by atoms with Gasteiger partial charge in [0.2, 0.25) is 0 Å². The molecule has 0 fully saturated rings. The predicted molar refractivity (Wildman–Crippen MR) is 66.4 cm³/mol. The Morgan fingerprint density at radius 3 is 2.88 bits per heavy atom. The van der Waals surface area contributed by atoms with E-state index >= 15 is 0 Å². The van der Waals surface area contributed by atoms with Crippen molar-refractivity contribution in [3.8, 4) is 0 Å². The van der Waals surface area contributed by atoms with Crippen LogP contribution in [0.15, 0.2) is 15.0 Å². The maximum absolute atomic E-state index is 13.9. The summed E-state index contributed by atoms with van der Waals surface area (Å²) in [6.45, 7) is 2.38. The highest BCUT2D eigenvalue weighted by molar-refractivity contribution is 9.10. The molecule has 0 saturated heterocycles. The van der Waals surface area contributed by atoms with Crippen molar-refractivity contribution in [1.29, 1.82) is 0 Å². The summed E-state index contributed by atoms with van der Waals surface area (Å²) in [7, 11) is 1.81. The van der Waals surface area contributed by atoms with E-state index in [-0.39, 0.29) is 5.02 Å². The Kier molecular flexibility index (Phi) is 3.24. The van der Waals surface area contributed by atoms with Crippen LogP contribution < -0.4 is 5.32 Å². The first-order valence-electron chi connectivity index (χ1n) is 4.76. The van der Waals surface area contributed by atoms with E-state index in [2.05, 4.69) is 21.2 Å². The maximum Gasteiger partial charge on any atom is 0.153 e. The van der Waals surface area contributed by atoms with E-state index < -0.39 is 5.82 Å². The zero-order chi connectivity index (χ0) is 11.9. The molecule has 1 heterocycles. The van der Waals surface area contributed by atoms with E-state index in [0.717, 1.165) is 11.3 Å². The minimum atomic E-state index is -0.427. The van der Waals surface area contributed by atoms with Gasteiger partial charge < -0.3 is 9.73 Å². The minimum Gasteiger partial charge on any atom is -0.458 e. The quantitative estimate of drug-likeness (QED) is 0.848. The van der Waals surface area contributed by atoms with Crippen LogP contribution >= 0.6 is 27.5 Å². The Balaban J connectivity index is 2.80. The van der Waals surface area contributed by atoms with Crippen molar-refractivity contribution in [2.45, 2.75) is 13.5 Å². The summed E-state index contributed by atoms with van der Waals surface area (Å²) in [6.07, 6.45) is 0. The van der Waals surface area contributed by atoms with Crippen molar-refractivity contribution in [2.24, 2.45) is 0 Å². The third-order valence-corrected chi connectivity index (χ3v) is 3.35. The molecule has 2 aromatic rings. The molecule has 0 aliphatic carbocycles. The van der Waals surface area contributed by atoms with Crippen LogP contribution in [0, 0.1) is 12.7 Å². The van der Waals surface area contributed by atoms with Crippen LogP contribution in [0.25, 0.3) is 11.0 Å². The molecule has 0 spiro atoms. The zero-order valence-corrected chi connectivity index (χ0v) is 11.2. The number of halogens is 3. The second kappa shape index (κ2) is 4.35. The fraction of sp³-hybridized carbons (Fsp3) is 0.273. The highest BCUT2D eigenvalue weighted by Gasteiger charge is 2.18. The van der Waals surface area contributed by atoms with Crippen molar-refractivity contribution < 1.29 is 8.81 Å². The van der Waals surface area contributed by atoms with Gasteiger partial charge in [-0.15, -0.1) is 0 Å². The number of rotatable bonds is 2. The van der Waals surface area contributed by atoms with Crippen LogP contribution in [-0.2, 0) is 6.54 Å². The number of hydrogen-bond acceptors (Lipinski definition) is 2. The lowest BCUT2D eigenvalue weighted by atomic mass is 10.1. The van der Waals surface area contributed by atoms with Crippen LogP contribution in [0.4, 0.5) is 4.39 Å². The molecule has 16 heavy (non-hydrogen) atoms. The summed E-state index contributed by atoms with van der Waals surface area (Å²) >= 11 is 9.10. The third kappa shape index (κ3) is 1.75. The van der Waals surface area contributed by atoms with E-state index in [1.807, 2.05) is 14.0 Å². The molecule has 1 aromatic carbocycles. The van der Waals surface area contributed by atoms with Crippen molar-refractivity contribution in [3.63, 3.8) is 0 Å². The first-order valence-corrected chi connectivity index (χ1v) is 5.93. The monoisotopic (exact) mass is 305 g/mol. The van der Waals surface area contributed by atoms with E-state index in [4.69, 9.17) is 16.0 Å². The maximum atomic E-state index is 13.9. The minimum absolute atomic E-state index is 0.0966. The van der Waals surface area contributed by atoms with E-state index in [1.54, 1.807) is 0 Å². The molecule has 5 heteroatoms. The molecule has 0 bridgehead atoms. The molecule has 0 atom stereocenters. The Morgan fingerprint density at radius 1 is 1.56 bits per heavy atom. The van der Waals surface area contributed by atoms with Gasteiger partial charge in [0.25, 0.3) is 0 Å². The summed E-state index contributed by atoms with van der Waals surface area (Å²) in [5, 5.41) is 3.52. The largest absolute Gasteiger partial charge is 0.458 e. The summed E-state index contributed by atoms with van der Waals surface area (Å²) < 4.78 is 20.1. The number of fused-ring (bicyclic) bond motifs is 1. The lowest BCUT2D eigenvalue weighted by molar-refractivity contribution is 0.525. The van der Waals surface area contributed by atoms with Gasteiger partial charge in [0.15, 0.2) is 11.4 Å². The Hall–Kier alpha value is -0.580. The van der Waals surface area contributed by atoms with Crippen molar-refractivity contribution >= 4 is 38.5 Å². The van der Waals surface area contributed by atoms with Gasteiger partial charge in [0, 0.05) is 5.56 Å². The highest BCUT2D eigenvalue weighted by atomic mass is 79.9. The number of benzene rings is 1. The topological polar surface area (TPSA) is 25.2 Å². The van der Waals surface area contributed by atoms with Crippen LogP contribution in [0.1, 0.15) is 11.3 Å². The second-order valence-electron chi connectivity index (χ2n) is 3.54. The molecule has 0 unspecified atom stereocenters. The van der Waals surface area contributed by atoms with Gasteiger partial charge in [-0.25, -0.2) is 4.39 Å². The Labute approximate surface area is 106 Å². The predicted octanol–water partition coefficient (Wildman–Crippen LogP) is 4.02. The van der Waals surface area contributed by atoms with Crippen molar-refractivity contribution in [2.75, 3.05) is 7.05 Å². The van der Waals surface area contributed by atoms with Gasteiger partial charge >= 0.3 is 0 Å². The zero-order valence-electron chi connectivity index (χ0n) is 8.83. The van der Waals surface area contributed by atoms with Gasteiger partial charge in [-0.05, 0) is 36.0 Å². The van der Waals surface area contributed by atoms with E-state index in [1.165, 1.54) is 6.07 Å². The molecule has 0 amide bonds. The standard InChI is InChI=1S/C11H10BrClFNO/c1-5-8(4-15-2)16-11-6(12)3-7(13)10(14)9(5)11/h3,15H,4H2,1-2H3. The fourth-order valence-electron chi connectivity index (χ4n) is 1.68. The van der Waals surface area contributed by atoms with E-state index in [9.17, 15) is 4.39 Å². The molecule has 0 aliphatic heterocycles. The molecule has 0 aliphatic rings. The summed E-state index contributed by atoms with van der Waals surface area (Å²) in [6, 6.07) is 1.51. The van der Waals surface area contributed by atoms with Crippen LogP contribution in [0.5, 0.6) is 0 Å². The fourth-order valence-corrected chi connectivity index (χ4v) is 2.53. The number of furan rings is 1. The SMILES string of the molecule is CNCc1oc2c(Br)cc(Cl)c(F)c2c1C. The summed E-state index contributed by atoms with van der Waals surface area (Å²) in [5.41, 5.74) is 1.29. The van der Waals surface area contributed by atoms with Crippen LogP contribution in [-0.4, -0.2) is 7.05 Å².